The standard InChI is InChI=1S/C21H22N2O2S/c1-3-25-15-14-23-20-16(2)8-7-11-18(20)26-21(23)22-19(24)13-12-17-9-5-4-6-10-17/h4-13H,3,14-15H2,1-2H3. The van der Waals surface area contributed by atoms with Crippen LogP contribution in [0.25, 0.3) is 16.3 Å². The number of rotatable bonds is 6. The van der Waals surface area contributed by atoms with Crippen molar-refractivity contribution in [3.05, 3.63) is 70.5 Å². The number of aromatic nitrogens is 1. The molecular weight excluding hydrogens is 344 g/mol. The molecule has 4 nitrogen and oxygen atoms in total. The van der Waals surface area contributed by atoms with Crippen LogP contribution < -0.4 is 4.80 Å². The Bertz CT molecular complexity index is 984. The summed E-state index contributed by atoms with van der Waals surface area (Å²) in [5, 5.41) is 0. The minimum atomic E-state index is -0.261. The van der Waals surface area contributed by atoms with E-state index >= 15 is 0 Å². The normalized spacial score (nSPS) is 12.3. The van der Waals surface area contributed by atoms with Crippen LogP contribution in [-0.2, 0) is 16.1 Å². The summed E-state index contributed by atoms with van der Waals surface area (Å²) >= 11 is 1.53. The van der Waals surface area contributed by atoms with Crippen molar-refractivity contribution in [2.45, 2.75) is 20.4 Å². The number of ether oxygens (including phenoxy) is 1. The first-order valence-corrected chi connectivity index (χ1v) is 9.49. The van der Waals surface area contributed by atoms with Gasteiger partial charge < -0.3 is 9.30 Å². The third-order valence-corrected chi connectivity index (χ3v) is 5.03. The summed E-state index contributed by atoms with van der Waals surface area (Å²) in [6.07, 6.45) is 3.30. The summed E-state index contributed by atoms with van der Waals surface area (Å²) in [7, 11) is 0. The SMILES string of the molecule is CCOCCn1c(=NC(=O)C=Cc2ccccc2)sc2cccc(C)c21. The molecule has 0 radical (unpaired) electrons. The summed E-state index contributed by atoms with van der Waals surface area (Å²) in [6.45, 7) is 6.00. The molecule has 0 bridgehead atoms. The zero-order valence-electron chi connectivity index (χ0n) is 15.0. The second-order valence-electron chi connectivity index (χ2n) is 5.85. The summed E-state index contributed by atoms with van der Waals surface area (Å²) in [5.41, 5.74) is 3.27. The molecule has 1 heterocycles. The van der Waals surface area contributed by atoms with Gasteiger partial charge in [0.25, 0.3) is 5.91 Å². The smallest absolute Gasteiger partial charge is 0.272 e. The average molecular weight is 366 g/mol. The van der Waals surface area contributed by atoms with Gasteiger partial charge in [0.1, 0.15) is 0 Å². The lowest BCUT2D eigenvalue weighted by Gasteiger charge is -2.07. The van der Waals surface area contributed by atoms with Crippen molar-refractivity contribution in [1.29, 1.82) is 0 Å². The number of hydrogen-bond acceptors (Lipinski definition) is 3. The van der Waals surface area contributed by atoms with Crippen molar-refractivity contribution in [2.24, 2.45) is 4.99 Å². The first-order chi connectivity index (χ1) is 12.7. The van der Waals surface area contributed by atoms with Gasteiger partial charge in [-0.1, -0.05) is 53.8 Å². The van der Waals surface area contributed by atoms with Crippen LogP contribution in [0.1, 0.15) is 18.1 Å². The maximum absolute atomic E-state index is 12.3. The maximum Gasteiger partial charge on any atom is 0.272 e. The highest BCUT2D eigenvalue weighted by Crippen LogP contribution is 2.20. The van der Waals surface area contributed by atoms with Gasteiger partial charge in [0, 0.05) is 19.2 Å². The molecule has 26 heavy (non-hydrogen) atoms. The fourth-order valence-electron chi connectivity index (χ4n) is 2.76. The van der Waals surface area contributed by atoms with Crippen LogP contribution in [0.2, 0.25) is 0 Å². The number of nitrogens with zero attached hydrogens (tertiary/aromatic N) is 2. The maximum atomic E-state index is 12.3. The first kappa shape index (κ1) is 18.3. The van der Waals surface area contributed by atoms with Gasteiger partial charge in [-0.25, -0.2) is 0 Å². The predicted octanol–water partition coefficient (Wildman–Crippen LogP) is 4.19. The molecule has 5 heteroatoms. The minimum Gasteiger partial charge on any atom is -0.380 e. The molecule has 0 atom stereocenters. The van der Waals surface area contributed by atoms with Crippen molar-refractivity contribution in [1.82, 2.24) is 4.57 Å². The van der Waals surface area contributed by atoms with Crippen molar-refractivity contribution in [2.75, 3.05) is 13.2 Å². The largest absolute Gasteiger partial charge is 0.380 e. The Morgan fingerprint density at radius 1 is 1.19 bits per heavy atom. The van der Waals surface area contributed by atoms with E-state index in [9.17, 15) is 4.79 Å². The second kappa shape index (κ2) is 8.74. The molecule has 0 N–H and O–H groups in total. The molecule has 0 unspecified atom stereocenters. The van der Waals surface area contributed by atoms with E-state index in [1.807, 2.05) is 43.3 Å². The van der Waals surface area contributed by atoms with Gasteiger partial charge in [0.05, 0.1) is 16.8 Å². The van der Waals surface area contributed by atoms with Gasteiger partial charge in [-0.2, -0.15) is 4.99 Å². The van der Waals surface area contributed by atoms with Crippen LogP contribution >= 0.6 is 11.3 Å². The number of para-hydroxylation sites is 1. The van der Waals surface area contributed by atoms with Gasteiger partial charge in [-0.15, -0.1) is 0 Å². The van der Waals surface area contributed by atoms with Crippen LogP contribution in [0, 0.1) is 6.92 Å². The van der Waals surface area contributed by atoms with Crippen LogP contribution in [0.15, 0.2) is 59.6 Å². The lowest BCUT2D eigenvalue weighted by molar-refractivity contribution is -0.113. The summed E-state index contributed by atoms with van der Waals surface area (Å²) in [4.78, 5) is 17.4. The fourth-order valence-corrected chi connectivity index (χ4v) is 3.90. The Balaban J connectivity index is 1.96. The van der Waals surface area contributed by atoms with Crippen LogP contribution in [0.4, 0.5) is 0 Å². The van der Waals surface area contributed by atoms with Gasteiger partial charge in [-0.05, 0) is 37.1 Å². The molecule has 3 rings (SSSR count). The molecule has 1 amide bonds. The average Bonchev–Trinajstić information content (AvgIpc) is 3.00. The molecule has 1 aromatic heterocycles. The second-order valence-corrected chi connectivity index (χ2v) is 6.86. The Kier molecular flexibility index (Phi) is 6.15. The highest BCUT2D eigenvalue weighted by Gasteiger charge is 2.09. The van der Waals surface area contributed by atoms with E-state index in [0.29, 0.717) is 24.6 Å². The van der Waals surface area contributed by atoms with Gasteiger partial charge >= 0.3 is 0 Å². The van der Waals surface area contributed by atoms with Crippen LogP contribution in [0.3, 0.4) is 0 Å². The Labute approximate surface area is 157 Å². The summed E-state index contributed by atoms with van der Waals surface area (Å²) in [6, 6.07) is 15.9. The van der Waals surface area contributed by atoms with Crippen LogP contribution in [0.5, 0.6) is 0 Å². The van der Waals surface area contributed by atoms with Crippen LogP contribution in [-0.4, -0.2) is 23.7 Å². The van der Waals surface area contributed by atoms with E-state index in [2.05, 4.69) is 28.6 Å². The Hall–Kier alpha value is -2.50. The number of hydrogen-bond donors (Lipinski definition) is 0. The molecule has 0 saturated heterocycles. The minimum absolute atomic E-state index is 0.261. The zero-order chi connectivity index (χ0) is 18.4. The monoisotopic (exact) mass is 366 g/mol. The van der Waals surface area contributed by atoms with E-state index in [4.69, 9.17) is 4.74 Å². The van der Waals surface area contributed by atoms with E-state index < -0.39 is 0 Å². The molecule has 0 aliphatic heterocycles. The number of aryl methyl sites for hydroxylation is 1. The highest BCUT2D eigenvalue weighted by molar-refractivity contribution is 7.16. The molecule has 2 aromatic carbocycles. The molecule has 0 fully saturated rings. The van der Waals surface area contributed by atoms with E-state index in [1.54, 1.807) is 6.08 Å². The number of amides is 1. The topological polar surface area (TPSA) is 43.6 Å². The fraction of sp³-hybridized carbons (Fsp3) is 0.238. The Morgan fingerprint density at radius 2 is 2.00 bits per heavy atom. The molecular formula is C21H22N2O2S. The van der Waals surface area contributed by atoms with Crippen molar-refractivity contribution >= 4 is 33.5 Å². The molecule has 0 aliphatic rings. The van der Waals surface area contributed by atoms with Gasteiger partial charge in [0.15, 0.2) is 4.80 Å². The van der Waals surface area contributed by atoms with Gasteiger partial charge in [0.2, 0.25) is 0 Å². The highest BCUT2D eigenvalue weighted by atomic mass is 32.1. The zero-order valence-corrected chi connectivity index (χ0v) is 15.8. The van der Waals surface area contributed by atoms with Crippen molar-refractivity contribution in [3.8, 4) is 0 Å². The first-order valence-electron chi connectivity index (χ1n) is 8.67. The molecule has 0 aliphatic carbocycles. The molecule has 0 saturated carbocycles. The Morgan fingerprint density at radius 3 is 2.77 bits per heavy atom. The van der Waals surface area contributed by atoms with E-state index in [1.165, 1.54) is 23.0 Å². The number of carbonyl (C=O) groups is 1. The molecule has 3 aromatic rings. The van der Waals surface area contributed by atoms with Crippen molar-refractivity contribution < 1.29 is 9.53 Å². The van der Waals surface area contributed by atoms with Gasteiger partial charge in [-0.3, -0.25) is 4.79 Å². The quantitative estimate of drug-likeness (QED) is 0.485. The summed E-state index contributed by atoms with van der Waals surface area (Å²) < 4.78 is 8.71. The number of fused-ring (bicyclic) bond motifs is 1. The lowest BCUT2D eigenvalue weighted by Crippen LogP contribution is -2.19. The summed E-state index contributed by atoms with van der Waals surface area (Å²) in [5.74, 6) is -0.261. The number of carbonyl (C=O) groups excluding carboxylic acids is 1. The van der Waals surface area contributed by atoms with Crippen molar-refractivity contribution in [3.63, 3.8) is 0 Å². The third kappa shape index (κ3) is 4.36. The molecule has 0 spiro atoms. The predicted molar refractivity (Wildman–Crippen MR) is 107 cm³/mol. The van der Waals surface area contributed by atoms with E-state index in [0.717, 1.165) is 15.8 Å². The molecule has 134 valence electrons. The lowest BCUT2D eigenvalue weighted by atomic mass is 10.2. The number of thiazole rings is 1. The number of benzene rings is 2. The van der Waals surface area contributed by atoms with E-state index in [-0.39, 0.29) is 5.91 Å². The third-order valence-electron chi connectivity index (χ3n) is 3.99.